The van der Waals surface area contributed by atoms with Crippen molar-refractivity contribution in [2.24, 2.45) is 5.92 Å². The first-order valence-electron chi connectivity index (χ1n) is 12.6. The van der Waals surface area contributed by atoms with Crippen LogP contribution in [0, 0.1) is 11.7 Å². The lowest BCUT2D eigenvalue weighted by atomic mass is 9.86. The first kappa shape index (κ1) is 30.4. The molecule has 0 spiro atoms. The van der Waals surface area contributed by atoms with E-state index in [1.165, 1.54) is 24.5 Å². The van der Waals surface area contributed by atoms with E-state index >= 15 is 0 Å². The van der Waals surface area contributed by atoms with Gasteiger partial charge in [-0.25, -0.2) is 4.39 Å². The molecule has 1 aliphatic carbocycles. The summed E-state index contributed by atoms with van der Waals surface area (Å²) < 4.78 is 55.8. The third-order valence-corrected chi connectivity index (χ3v) is 7.50. The number of hydrogen-bond donors (Lipinski definition) is 1. The third kappa shape index (κ3) is 7.42. The molecule has 1 aliphatic rings. The van der Waals surface area contributed by atoms with Crippen LogP contribution in [0.1, 0.15) is 63.7 Å². The molecule has 1 amide bonds. The Hall–Kier alpha value is -3.51. The van der Waals surface area contributed by atoms with Crippen molar-refractivity contribution in [1.29, 1.82) is 0 Å². The molecule has 41 heavy (non-hydrogen) atoms. The molecule has 218 valence electrons. The zero-order valence-electron chi connectivity index (χ0n) is 21.4. The van der Waals surface area contributed by atoms with Gasteiger partial charge in [-0.15, -0.1) is 0 Å². The molecule has 14 heteroatoms. The Morgan fingerprint density at radius 3 is 2.17 bits per heavy atom. The lowest BCUT2D eigenvalue weighted by Crippen LogP contribution is -2.36. The number of pyridine rings is 1. The Bertz CT molecular complexity index is 1420. The molecule has 2 aromatic heterocycles. The largest absolute Gasteiger partial charge is 0.481 e. The van der Waals surface area contributed by atoms with E-state index in [0.717, 1.165) is 27.9 Å². The van der Waals surface area contributed by atoms with Crippen LogP contribution < -0.4 is 0 Å². The summed E-state index contributed by atoms with van der Waals surface area (Å²) in [5.74, 6) is -3.70. The smallest absolute Gasteiger partial charge is 0.394 e. The predicted octanol–water partition coefficient (Wildman–Crippen LogP) is 6.17. The summed E-state index contributed by atoms with van der Waals surface area (Å²) in [6.07, 6.45) is -1.69. The minimum atomic E-state index is -4.69. The molecule has 0 saturated heterocycles. The Balaban J connectivity index is 1.70. The van der Waals surface area contributed by atoms with E-state index in [1.54, 1.807) is 0 Å². The maximum absolute atomic E-state index is 13.8. The summed E-state index contributed by atoms with van der Waals surface area (Å²) in [6.45, 7) is -0.856. The van der Waals surface area contributed by atoms with Gasteiger partial charge in [0.15, 0.2) is 5.78 Å². The van der Waals surface area contributed by atoms with Crippen molar-refractivity contribution in [2.75, 3.05) is 6.54 Å². The van der Waals surface area contributed by atoms with Crippen LogP contribution in [0.5, 0.6) is 0 Å². The fourth-order valence-corrected chi connectivity index (χ4v) is 5.50. The molecule has 2 heterocycles. The van der Waals surface area contributed by atoms with Gasteiger partial charge in [0.1, 0.15) is 5.82 Å². The fourth-order valence-electron chi connectivity index (χ4n) is 4.92. The molecule has 0 radical (unpaired) electrons. The van der Waals surface area contributed by atoms with Crippen LogP contribution in [0.2, 0.25) is 10.0 Å². The van der Waals surface area contributed by atoms with E-state index in [0.29, 0.717) is 5.56 Å². The van der Waals surface area contributed by atoms with Gasteiger partial charge in [-0.1, -0.05) is 35.3 Å². The summed E-state index contributed by atoms with van der Waals surface area (Å²) in [5.41, 5.74) is -0.444. The van der Waals surface area contributed by atoms with Crippen molar-refractivity contribution in [3.8, 4) is 0 Å². The van der Waals surface area contributed by atoms with E-state index in [2.05, 4.69) is 10.1 Å². The maximum Gasteiger partial charge on any atom is 0.394 e. The van der Waals surface area contributed by atoms with Crippen molar-refractivity contribution in [3.05, 3.63) is 81.1 Å². The molecule has 1 aromatic carbocycles. The summed E-state index contributed by atoms with van der Waals surface area (Å²) >= 11 is 12.2. The van der Waals surface area contributed by atoms with Crippen molar-refractivity contribution < 1.29 is 37.1 Å². The number of carbonyl (C=O) groups excluding carboxylic acids is 2. The quantitative estimate of drug-likeness (QED) is 0.228. The van der Waals surface area contributed by atoms with E-state index in [9.17, 15) is 37.1 Å². The Morgan fingerprint density at radius 2 is 1.61 bits per heavy atom. The van der Waals surface area contributed by atoms with Crippen molar-refractivity contribution in [3.63, 3.8) is 0 Å². The number of ketones is 1. The van der Waals surface area contributed by atoms with Crippen molar-refractivity contribution in [2.45, 2.75) is 50.9 Å². The molecule has 0 unspecified atom stereocenters. The van der Waals surface area contributed by atoms with Gasteiger partial charge in [-0.3, -0.25) is 24.0 Å². The highest BCUT2D eigenvalue weighted by Crippen LogP contribution is 2.35. The number of rotatable bonds is 9. The molecule has 8 nitrogen and oxygen atoms in total. The summed E-state index contributed by atoms with van der Waals surface area (Å²) in [6, 6.07) is 4.53. The second-order valence-corrected chi connectivity index (χ2v) is 10.6. The number of hydrogen-bond acceptors (Lipinski definition) is 5. The zero-order valence-corrected chi connectivity index (χ0v) is 22.9. The number of aromatic nitrogens is 3. The normalized spacial score (nSPS) is 17.3. The maximum atomic E-state index is 13.8. The Morgan fingerprint density at radius 1 is 1.00 bits per heavy atom. The number of carbonyl (C=O) groups is 3. The molecular weight excluding hydrogens is 591 g/mol. The van der Waals surface area contributed by atoms with Crippen molar-refractivity contribution in [1.82, 2.24) is 19.7 Å². The first-order valence-corrected chi connectivity index (χ1v) is 13.3. The second kappa shape index (κ2) is 12.6. The van der Waals surface area contributed by atoms with Gasteiger partial charge in [0, 0.05) is 18.9 Å². The van der Waals surface area contributed by atoms with E-state index < -0.39 is 60.3 Å². The summed E-state index contributed by atoms with van der Waals surface area (Å²) in [7, 11) is 0. The lowest BCUT2D eigenvalue weighted by Gasteiger charge is -2.28. The SMILES string of the molecule is O=C(CN(Cc1ccc(F)cc1)C(=O)c1cnn(C2CCC(C(=O)O)CC2)c1CC(F)(F)F)c1c(Cl)cncc1Cl. The van der Waals surface area contributed by atoms with Gasteiger partial charge < -0.3 is 10.0 Å². The zero-order chi connectivity index (χ0) is 29.9. The van der Waals surface area contributed by atoms with Crippen LogP contribution in [-0.4, -0.2) is 55.2 Å². The van der Waals surface area contributed by atoms with Crippen LogP contribution in [-0.2, 0) is 17.8 Å². The van der Waals surface area contributed by atoms with Crippen molar-refractivity contribution >= 4 is 40.9 Å². The van der Waals surface area contributed by atoms with Crippen LogP contribution in [0.15, 0.2) is 42.9 Å². The van der Waals surface area contributed by atoms with Gasteiger partial charge in [0.25, 0.3) is 5.91 Å². The molecule has 1 saturated carbocycles. The fraction of sp³-hybridized carbons (Fsp3) is 0.370. The van der Waals surface area contributed by atoms with Gasteiger partial charge in [-0.2, -0.15) is 18.3 Å². The Kier molecular flexibility index (Phi) is 9.33. The Labute approximate surface area is 241 Å². The number of nitrogens with zero attached hydrogens (tertiary/aromatic N) is 4. The number of Topliss-reactive ketones (excluding diaryl/α,β-unsaturated/α-hetero) is 1. The monoisotopic (exact) mass is 614 g/mol. The van der Waals surface area contributed by atoms with E-state index in [4.69, 9.17) is 23.2 Å². The summed E-state index contributed by atoms with van der Waals surface area (Å²) in [5, 5.41) is 13.3. The van der Waals surface area contributed by atoms with E-state index in [1.807, 2.05) is 0 Å². The third-order valence-electron chi connectivity index (χ3n) is 6.93. The molecular formula is C27H24Cl2F4N4O4. The highest BCUT2D eigenvalue weighted by atomic mass is 35.5. The van der Waals surface area contributed by atoms with Crippen LogP contribution in [0.3, 0.4) is 0 Å². The molecule has 0 atom stereocenters. The first-order chi connectivity index (χ1) is 19.3. The second-order valence-electron chi connectivity index (χ2n) is 9.77. The number of alkyl halides is 3. The number of benzene rings is 1. The number of carboxylic acid groups (broad SMARTS) is 1. The number of aliphatic carboxylic acids is 1. The molecule has 1 fully saturated rings. The lowest BCUT2D eigenvalue weighted by molar-refractivity contribution is -0.143. The average Bonchev–Trinajstić information content (AvgIpc) is 3.30. The topological polar surface area (TPSA) is 105 Å². The van der Waals surface area contributed by atoms with Crippen LogP contribution in [0.4, 0.5) is 17.6 Å². The number of carboxylic acids is 1. The minimum absolute atomic E-state index is 0.0702. The minimum Gasteiger partial charge on any atom is -0.481 e. The van der Waals surface area contributed by atoms with Gasteiger partial charge >= 0.3 is 12.1 Å². The summed E-state index contributed by atoms with van der Waals surface area (Å²) in [4.78, 5) is 43.2. The molecule has 4 rings (SSSR count). The highest BCUT2D eigenvalue weighted by molar-refractivity contribution is 6.39. The standard InChI is InChI=1S/C27H24Cl2F4N4O4/c28-20-11-34-12-21(29)24(20)23(38)14-36(13-15-1-5-17(30)6-2-15)25(39)19-10-35-37(22(19)9-27(31,32)33)18-7-3-16(4-8-18)26(40)41/h1-2,5-6,10-12,16,18H,3-4,7-9,13-14H2,(H,40,41). The molecule has 1 N–H and O–H groups in total. The predicted molar refractivity (Wildman–Crippen MR) is 140 cm³/mol. The van der Waals surface area contributed by atoms with Gasteiger partial charge in [0.05, 0.1) is 58.0 Å². The van der Waals surface area contributed by atoms with Gasteiger partial charge in [0.2, 0.25) is 0 Å². The number of halogens is 6. The molecule has 0 bridgehead atoms. The highest BCUT2D eigenvalue weighted by Gasteiger charge is 2.37. The molecule has 3 aromatic rings. The number of amides is 1. The van der Waals surface area contributed by atoms with Crippen LogP contribution in [0.25, 0.3) is 0 Å². The molecule has 0 aliphatic heterocycles. The average molecular weight is 615 g/mol. The van der Waals surface area contributed by atoms with E-state index in [-0.39, 0.29) is 53.4 Å². The van der Waals surface area contributed by atoms with Crippen LogP contribution >= 0.6 is 23.2 Å². The van der Waals surface area contributed by atoms with Gasteiger partial charge in [-0.05, 0) is 43.4 Å².